The Balaban J connectivity index is 1.71. The predicted octanol–water partition coefficient (Wildman–Crippen LogP) is 3.35. The van der Waals surface area contributed by atoms with Gasteiger partial charge in [0.2, 0.25) is 5.91 Å². The quantitative estimate of drug-likeness (QED) is 0.678. The molecule has 0 spiro atoms. The summed E-state index contributed by atoms with van der Waals surface area (Å²) in [6.45, 7) is 4.13. The third-order valence-electron chi connectivity index (χ3n) is 4.32. The van der Waals surface area contributed by atoms with Crippen LogP contribution in [-0.2, 0) is 4.79 Å². The van der Waals surface area contributed by atoms with E-state index in [4.69, 9.17) is 0 Å². The van der Waals surface area contributed by atoms with Gasteiger partial charge in [-0.3, -0.25) is 4.79 Å². The number of nitrogens with zero attached hydrogens (tertiary/aromatic N) is 3. The Morgan fingerprint density at radius 3 is 2.87 bits per heavy atom. The number of thiophene rings is 1. The Labute approximate surface area is 143 Å². The van der Waals surface area contributed by atoms with Crippen molar-refractivity contribution in [1.29, 1.82) is 5.26 Å². The normalized spacial score (nSPS) is 16.4. The van der Waals surface area contributed by atoms with Crippen molar-refractivity contribution in [3.63, 3.8) is 0 Å². The highest BCUT2D eigenvalue weighted by atomic mass is 32.2. The van der Waals surface area contributed by atoms with Gasteiger partial charge in [-0.15, -0.1) is 11.3 Å². The van der Waals surface area contributed by atoms with E-state index in [-0.39, 0.29) is 11.7 Å². The van der Waals surface area contributed by atoms with Gasteiger partial charge in [0.25, 0.3) is 0 Å². The molecular formula is C16H18N4OS2. The molecule has 0 bridgehead atoms. The molecule has 5 nitrogen and oxygen atoms in total. The number of amides is 1. The number of thioether (sulfide) groups is 1. The number of aromatic nitrogens is 2. The Hall–Kier alpha value is -1.65. The zero-order valence-corrected chi connectivity index (χ0v) is 14.8. The standard InChI is InChI=1S/C16H18N4OS2/c1-10-11(2)23-15-13(10)14(18-9-19-15)22-7-12(21)20-16(8-17)5-3-4-6-16/h9H,3-7H2,1-2H3,(H,20,21). The summed E-state index contributed by atoms with van der Waals surface area (Å²) in [4.78, 5) is 23.1. The lowest BCUT2D eigenvalue weighted by atomic mass is 10.0. The highest BCUT2D eigenvalue weighted by Gasteiger charge is 2.35. The van der Waals surface area contributed by atoms with E-state index in [1.807, 2.05) is 0 Å². The van der Waals surface area contributed by atoms with Gasteiger partial charge in [0.1, 0.15) is 21.7 Å². The average molecular weight is 346 g/mol. The zero-order chi connectivity index (χ0) is 16.4. The molecule has 0 radical (unpaired) electrons. The van der Waals surface area contributed by atoms with Crippen molar-refractivity contribution in [2.75, 3.05) is 5.75 Å². The van der Waals surface area contributed by atoms with Crippen molar-refractivity contribution in [3.05, 3.63) is 16.8 Å². The average Bonchev–Trinajstić information content (AvgIpc) is 3.12. The van der Waals surface area contributed by atoms with Crippen LogP contribution < -0.4 is 5.32 Å². The number of hydrogen-bond donors (Lipinski definition) is 1. The molecule has 1 amide bonds. The molecule has 1 fully saturated rings. The van der Waals surface area contributed by atoms with Crippen molar-refractivity contribution in [2.24, 2.45) is 0 Å². The van der Waals surface area contributed by atoms with Gasteiger partial charge in [-0.05, 0) is 45.1 Å². The van der Waals surface area contributed by atoms with Crippen LogP contribution in [-0.4, -0.2) is 27.2 Å². The van der Waals surface area contributed by atoms with Crippen LogP contribution in [0.25, 0.3) is 10.2 Å². The van der Waals surface area contributed by atoms with Crippen LogP contribution >= 0.6 is 23.1 Å². The maximum Gasteiger partial charge on any atom is 0.231 e. The Bertz CT molecular complexity index is 787. The maximum atomic E-state index is 12.2. The number of carbonyl (C=O) groups excluding carboxylic acids is 1. The van der Waals surface area contributed by atoms with Crippen LogP contribution in [0.15, 0.2) is 11.4 Å². The molecule has 1 aliphatic rings. The molecule has 0 aliphatic heterocycles. The van der Waals surface area contributed by atoms with Gasteiger partial charge in [0, 0.05) is 10.3 Å². The first-order valence-corrected chi connectivity index (χ1v) is 9.41. The smallest absolute Gasteiger partial charge is 0.231 e. The summed E-state index contributed by atoms with van der Waals surface area (Å²) >= 11 is 3.06. The summed E-state index contributed by atoms with van der Waals surface area (Å²) in [7, 11) is 0. The fourth-order valence-corrected chi connectivity index (χ4v) is 4.86. The molecule has 2 heterocycles. The van der Waals surface area contributed by atoms with Crippen molar-refractivity contribution in [1.82, 2.24) is 15.3 Å². The van der Waals surface area contributed by atoms with Crippen molar-refractivity contribution in [3.8, 4) is 6.07 Å². The van der Waals surface area contributed by atoms with Crippen LogP contribution in [0.3, 0.4) is 0 Å². The fourth-order valence-electron chi connectivity index (χ4n) is 2.94. The molecular weight excluding hydrogens is 328 g/mol. The molecule has 1 aliphatic carbocycles. The van der Waals surface area contributed by atoms with Gasteiger partial charge in [-0.25, -0.2) is 9.97 Å². The third kappa shape index (κ3) is 3.19. The van der Waals surface area contributed by atoms with Gasteiger partial charge in [0.05, 0.1) is 11.8 Å². The highest BCUT2D eigenvalue weighted by Crippen LogP contribution is 2.34. The molecule has 1 saturated carbocycles. The molecule has 1 N–H and O–H groups in total. The van der Waals surface area contributed by atoms with Crippen LogP contribution in [0.4, 0.5) is 0 Å². The van der Waals surface area contributed by atoms with E-state index >= 15 is 0 Å². The molecule has 2 aromatic heterocycles. The van der Waals surface area contributed by atoms with E-state index in [1.165, 1.54) is 22.2 Å². The van der Waals surface area contributed by atoms with E-state index in [0.717, 1.165) is 40.9 Å². The van der Waals surface area contributed by atoms with Crippen molar-refractivity contribution < 1.29 is 4.79 Å². The topological polar surface area (TPSA) is 78.7 Å². The first-order valence-electron chi connectivity index (χ1n) is 7.60. The number of carbonyl (C=O) groups is 1. The number of hydrogen-bond acceptors (Lipinski definition) is 6. The second kappa shape index (κ2) is 6.46. The minimum atomic E-state index is -0.659. The minimum absolute atomic E-state index is 0.102. The number of aryl methyl sites for hydroxylation is 2. The van der Waals surface area contributed by atoms with E-state index in [0.29, 0.717) is 0 Å². The number of nitriles is 1. The SMILES string of the molecule is Cc1sc2ncnc(SCC(=O)NC3(C#N)CCCC3)c2c1C. The van der Waals surface area contributed by atoms with Gasteiger partial charge < -0.3 is 5.32 Å². The fraction of sp³-hybridized carbons (Fsp3) is 0.500. The van der Waals surface area contributed by atoms with Crippen molar-refractivity contribution >= 4 is 39.2 Å². The number of rotatable bonds is 4. The Morgan fingerprint density at radius 1 is 1.43 bits per heavy atom. The van der Waals surface area contributed by atoms with E-state index in [1.54, 1.807) is 17.7 Å². The number of fused-ring (bicyclic) bond motifs is 1. The summed E-state index contributed by atoms with van der Waals surface area (Å²) in [5.74, 6) is 0.166. The lowest BCUT2D eigenvalue weighted by Gasteiger charge is -2.21. The largest absolute Gasteiger partial charge is 0.337 e. The summed E-state index contributed by atoms with van der Waals surface area (Å²) in [5.41, 5.74) is 0.519. The van der Waals surface area contributed by atoms with Gasteiger partial charge >= 0.3 is 0 Å². The zero-order valence-electron chi connectivity index (χ0n) is 13.2. The monoisotopic (exact) mass is 346 g/mol. The molecule has 23 heavy (non-hydrogen) atoms. The van der Waals surface area contributed by atoms with Crippen molar-refractivity contribution in [2.45, 2.75) is 50.1 Å². The first-order chi connectivity index (χ1) is 11.0. The lowest BCUT2D eigenvalue weighted by Crippen LogP contribution is -2.45. The molecule has 0 aromatic carbocycles. The Morgan fingerprint density at radius 2 is 2.17 bits per heavy atom. The predicted molar refractivity (Wildman–Crippen MR) is 92.6 cm³/mol. The molecule has 0 saturated heterocycles. The Kier molecular flexibility index (Phi) is 4.55. The third-order valence-corrected chi connectivity index (χ3v) is 6.43. The van der Waals surface area contributed by atoms with Crippen LogP contribution in [0.2, 0.25) is 0 Å². The van der Waals surface area contributed by atoms with E-state index in [9.17, 15) is 10.1 Å². The second-order valence-corrected chi connectivity index (χ2v) is 8.05. The summed E-state index contributed by atoms with van der Waals surface area (Å²) < 4.78 is 0. The van der Waals surface area contributed by atoms with Crippen LogP contribution in [0.5, 0.6) is 0 Å². The molecule has 0 atom stereocenters. The lowest BCUT2D eigenvalue weighted by molar-refractivity contribution is -0.119. The van der Waals surface area contributed by atoms with Gasteiger partial charge in [-0.2, -0.15) is 5.26 Å². The van der Waals surface area contributed by atoms with Crippen LogP contribution in [0.1, 0.15) is 36.1 Å². The molecule has 0 unspecified atom stereocenters. The van der Waals surface area contributed by atoms with Gasteiger partial charge in [0.15, 0.2) is 0 Å². The molecule has 7 heteroatoms. The van der Waals surface area contributed by atoms with Gasteiger partial charge in [-0.1, -0.05) is 11.8 Å². The van der Waals surface area contributed by atoms with Crippen LogP contribution in [0, 0.1) is 25.2 Å². The first kappa shape index (κ1) is 16.2. The molecule has 120 valence electrons. The maximum absolute atomic E-state index is 12.2. The van der Waals surface area contributed by atoms with E-state index in [2.05, 4.69) is 35.2 Å². The summed E-state index contributed by atoms with van der Waals surface area (Å²) in [6, 6.07) is 2.28. The summed E-state index contributed by atoms with van der Waals surface area (Å²) in [6.07, 6.45) is 5.05. The molecule has 2 aromatic rings. The summed E-state index contributed by atoms with van der Waals surface area (Å²) in [5, 5.41) is 14.1. The highest BCUT2D eigenvalue weighted by molar-refractivity contribution is 8.00. The molecule has 3 rings (SSSR count). The number of nitrogens with one attached hydrogen (secondary N) is 1. The minimum Gasteiger partial charge on any atom is -0.337 e. The second-order valence-electron chi connectivity index (χ2n) is 5.88. The van der Waals surface area contributed by atoms with E-state index < -0.39 is 5.54 Å².